The lowest BCUT2D eigenvalue weighted by Crippen LogP contribution is -2.19. The van der Waals surface area contributed by atoms with Crippen LogP contribution in [0.25, 0.3) is 11.6 Å². The van der Waals surface area contributed by atoms with Crippen molar-refractivity contribution in [3.8, 4) is 17.3 Å². The Kier molecular flexibility index (Phi) is 3.88. The molecular weight excluding hydrogens is 344 g/mol. The van der Waals surface area contributed by atoms with E-state index in [9.17, 15) is 26.3 Å². The van der Waals surface area contributed by atoms with Gasteiger partial charge in [-0.25, -0.2) is 0 Å². The van der Waals surface area contributed by atoms with Crippen molar-refractivity contribution in [1.29, 1.82) is 0 Å². The number of halogens is 6. The van der Waals surface area contributed by atoms with Crippen molar-refractivity contribution in [3.63, 3.8) is 0 Å². The first kappa shape index (κ1) is 16.5. The van der Waals surface area contributed by atoms with Gasteiger partial charge in [-0.05, 0) is 18.8 Å². The number of hydrogen-bond donors (Lipinski definition) is 0. The molecule has 1 aliphatic rings. The molecule has 24 heavy (non-hydrogen) atoms. The predicted octanol–water partition coefficient (Wildman–Crippen LogP) is 3.97. The number of hydrogen-bond acceptors (Lipinski definition) is 5. The predicted molar refractivity (Wildman–Crippen MR) is 66.1 cm³/mol. The molecule has 130 valence electrons. The van der Waals surface area contributed by atoms with Gasteiger partial charge < -0.3 is 9.26 Å². The van der Waals surface area contributed by atoms with Crippen LogP contribution >= 0.6 is 0 Å². The fourth-order valence-electron chi connectivity index (χ4n) is 1.99. The number of nitrogens with zero attached hydrogens (tertiary/aromatic N) is 3. The van der Waals surface area contributed by atoms with Gasteiger partial charge in [-0.2, -0.15) is 31.3 Å². The first-order valence-corrected chi connectivity index (χ1v) is 6.74. The van der Waals surface area contributed by atoms with E-state index in [1.54, 1.807) is 0 Å². The van der Waals surface area contributed by atoms with Crippen molar-refractivity contribution >= 4 is 0 Å². The molecule has 2 heterocycles. The SMILES string of the molecule is FC(F)(F)COc1cc(-c2nc(C(F)(F)F)no2)ncc1C1CC1. The van der Waals surface area contributed by atoms with Crippen LogP contribution in [0.5, 0.6) is 5.75 Å². The van der Waals surface area contributed by atoms with Gasteiger partial charge in [-0.1, -0.05) is 5.16 Å². The van der Waals surface area contributed by atoms with E-state index in [2.05, 4.69) is 19.6 Å². The molecule has 1 saturated carbocycles. The average Bonchev–Trinajstić information content (AvgIpc) is 3.18. The van der Waals surface area contributed by atoms with Crippen LogP contribution in [0.2, 0.25) is 0 Å². The lowest BCUT2D eigenvalue weighted by atomic mass is 10.1. The minimum Gasteiger partial charge on any atom is -0.484 e. The third kappa shape index (κ3) is 3.77. The van der Waals surface area contributed by atoms with E-state index in [1.807, 2.05) is 0 Å². The van der Waals surface area contributed by atoms with Crippen LogP contribution in [0.3, 0.4) is 0 Å². The Hall–Kier alpha value is -2.33. The van der Waals surface area contributed by atoms with Gasteiger partial charge in [-0.3, -0.25) is 4.98 Å². The van der Waals surface area contributed by atoms with Crippen LogP contribution in [0.4, 0.5) is 26.3 Å². The molecule has 2 aromatic rings. The zero-order chi connectivity index (χ0) is 17.5. The second kappa shape index (κ2) is 5.64. The molecule has 2 aromatic heterocycles. The maximum Gasteiger partial charge on any atom is 0.455 e. The molecular formula is C13H9F6N3O2. The zero-order valence-electron chi connectivity index (χ0n) is 11.8. The molecule has 0 N–H and O–H groups in total. The normalized spacial score (nSPS) is 15.6. The highest BCUT2D eigenvalue weighted by molar-refractivity contribution is 5.53. The van der Waals surface area contributed by atoms with Crippen molar-refractivity contribution in [2.45, 2.75) is 31.1 Å². The zero-order valence-corrected chi connectivity index (χ0v) is 11.8. The Balaban J connectivity index is 1.90. The summed E-state index contributed by atoms with van der Waals surface area (Å²) < 4.78 is 83.7. The van der Waals surface area contributed by atoms with Crippen LogP contribution in [-0.4, -0.2) is 27.9 Å². The lowest BCUT2D eigenvalue weighted by Gasteiger charge is -2.13. The smallest absolute Gasteiger partial charge is 0.455 e. The molecule has 0 saturated heterocycles. The number of aromatic nitrogens is 3. The molecule has 1 fully saturated rings. The summed E-state index contributed by atoms with van der Waals surface area (Å²) in [5, 5.41) is 2.78. The van der Waals surface area contributed by atoms with Gasteiger partial charge in [0.05, 0.1) is 0 Å². The van der Waals surface area contributed by atoms with E-state index in [1.165, 1.54) is 6.20 Å². The van der Waals surface area contributed by atoms with Crippen molar-refractivity contribution < 1.29 is 35.6 Å². The topological polar surface area (TPSA) is 61.0 Å². The maximum absolute atomic E-state index is 12.5. The third-order valence-corrected chi connectivity index (χ3v) is 3.20. The molecule has 0 amide bonds. The molecule has 0 unspecified atom stereocenters. The van der Waals surface area contributed by atoms with Crippen molar-refractivity contribution in [2.24, 2.45) is 0 Å². The summed E-state index contributed by atoms with van der Waals surface area (Å²) in [4.78, 5) is 7.03. The molecule has 0 aliphatic heterocycles. The molecule has 0 spiro atoms. The first-order chi connectivity index (χ1) is 11.1. The van der Waals surface area contributed by atoms with Crippen molar-refractivity contribution in [1.82, 2.24) is 15.1 Å². The van der Waals surface area contributed by atoms with E-state index in [-0.39, 0.29) is 17.4 Å². The molecule has 1 aliphatic carbocycles. The van der Waals surface area contributed by atoms with Crippen LogP contribution < -0.4 is 4.74 Å². The molecule has 0 bridgehead atoms. The highest BCUT2D eigenvalue weighted by Crippen LogP contribution is 2.45. The Bertz CT molecular complexity index is 736. The number of pyridine rings is 1. The van der Waals surface area contributed by atoms with E-state index < -0.39 is 30.7 Å². The van der Waals surface area contributed by atoms with Gasteiger partial charge in [-0.15, -0.1) is 0 Å². The number of ether oxygens (including phenoxy) is 1. The van der Waals surface area contributed by atoms with Gasteiger partial charge in [0.25, 0.3) is 11.7 Å². The fourth-order valence-corrected chi connectivity index (χ4v) is 1.99. The fraction of sp³-hybridized carbons (Fsp3) is 0.462. The number of rotatable bonds is 4. The highest BCUT2D eigenvalue weighted by Gasteiger charge is 2.38. The second-order valence-electron chi connectivity index (χ2n) is 5.21. The molecule has 0 radical (unpaired) electrons. The Morgan fingerprint density at radius 2 is 1.88 bits per heavy atom. The largest absolute Gasteiger partial charge is 0.484 e. The Labute approximate surface area is 130 Å². The van der Waals surface area contributed by atoms with Crippen molar-refractivity contribution in [2.75, 3.05) is 6.61 Å². The van der Waals surface area contributed by atoms with Crippen LogP contribution in [0, 0.1) is 0 Å². The summed E-state index contributed by atoms with van der Waals surface area (Å²) in [6.07, 6.45) is -6.52. The summed E-state index contributed by atoms with van der Waals surface area (Å²) in [6.45, 7) is -1.52. The summed E-state index contributed by atoms with van der Waals surface area (Å²) >= 11 is 0. The average molecular weight is 353 g/mol. The monoisotopic (exact) mass is 353 g/mol. The quantitative estimate of drug-likeness (QED) is 0.779. The molecule has 11 heteroatoms. The summed E-state index contributed by atoms with van der Waals surface area (Å²) in [6, 6.07) is 1.08. The van der Waals surface area contributed by atoms with Gasteiger partial charge in [0.2, 0.25) is 0 Å². The molecule has 0 atom stereocenters. The van der Waals surface area contributed by atoms with Gasteiger partial charge >= 0.3 is 12.4 Å². The van der Waals surface area contributed by atoms with E-state index in [0.29, 0.717) is 5.56 Å². The van der Waals surface area contributed by atoms with Crippen LogP contribution in [0.15, 0.2) is 16.8 Å². The van der Waals surface area contributed by atoms with E-state index in [4.69, 9.17) is 4.74 Å². The molecule has 3 rings (SSSR count). The summed E-state index contributed by atoms with van der Waals surface area (Å²) in [5.74, 6) is -2.13. The third-order valence-electron chi connectivity index (χ3n) is 3.20. The standard InChI is InChI=1S/C13H9F6N3O2/c14-12(15,16)5-23-9-3-8(20-4-7(9)6-1-2-6)10-21-11(22-24-10)13(17,18)19/h3-4,6H,1-2,5H2. The van der Waals surface area contributed by atoms with Crippen molar-refractivity contribution in [3.05, 3.63) is 23.7 Å². The minimum atomic E-state index is -4.80. The van der Waals surface area contributed by atoms with E-state index >= 15 is 0 Å². The molecule has 0 aromatic carbocycles. The van der Waals surface area contributed by atoms with Gasteiger partial charge in [0, 0.05) is 17.8 Å². The molecule has 5 nitrogen and oxygen atoms in total. The van der Waals surface area contributed by atoms with Gasteiger partial charge in [0.1, 0.15) is 11.4 Å². The Morgan fingerprint density at radius 3 is 2.42 bits per heavy atom. The first-order valence-electron chi connectivity index (χ1n) is 6.74. The Morgan fingerprint density at radius 1 is 1.17 bits per heavy atom. The second-order valence-corrected chi connectivity index (χ2v) is 5.21. The van der Waals surface area contributed by atoms with Gasteiger partial charge in [0.15, 0.2) is 6.61 Å². The van der Waals surface area contributed by atoms with E-state index in [0.717, 1.165) is 18.9 Å². The maximum atomic E-state index is 12.5. The summed E-state index contributed by atoms with van der Waals surface area (Å²) in [7, 11) is 0. The van der Waals surface area contributed by atoms with Crippen LogP contribution in [0.1, 0.15) is 30.1 Å². The lowest BCUT2D eigenvalue weighted by molar-refractivity contribution is -0.153. The van der Waals surface area contributed by atoms with Crippen LogP contribution in [-0.2, 0) is 6.18 Å². The number of alkyl halides is 6. The summed E-state index contributed by atoms with van der Waals surface area (Å²) in [5.41, 5.74) is 0.276. The minimum absolute atomic E-state index is 0.0307. The highest BCUT2D eigenvalue weighted by atomic mass is 19.4.